The first-order valence-corrected chi connectivity index (χ1v) is 3.35. The van der Waals surface area contributed by atoms with Crippen LogP contribution in [-0.4, -0.2) is 26.7 Å². The normalized spacial score (nSPS) is 20.2. The van der Waals surface area contributed by atoms with Crippen molar-refractivity contribution in [1.29, 1.82) is 0 Å². The fourth-order valence-electron chi connectivity index (χ4n) is 0.175. The van der Waals surface area contributed by atoms with Gasteiger partial charge in [-0.15, -0.1) is 0 Å². The molecule has 0 bridgehead atoms. The molecule has 5 heteroatoms. The Kier molecular flexibility index (Phi) is 1.13. The summed E-state index contributed by atoms with van der Waals surface area (Å²) in [5, 5.41) is 13.7. The Morgan fingerprint density at radius 3 is 1.83 bits per heavy atom. The SMILES string of the molecule is [SnH][CH]1N=NN=N1. The molecule has 0 amide bonds. The first kappa shape index (κ1) is 4.17. The van der Waals surface area contributed by atoms with Crippen LogP contribution in [0.3, 0.4) is 0 Å². The van der Waals surface area contributed by atoms with Gasteiger partial charge in [-0.25, -0.2) is 0 Å². The molecular formula is CH2N4Sn. The standard InChI is InChI=1S/CHN4.Sn.H/c1-2-4-5-3-1;;/h1H;;. The minimum atomic E-state index is 0.0930. The summed E-state index contributed by atoms with van der Waals surface area (Å²) in [5.74, 6) is 0. The Balaban J connectivity index is 2.60. The zero-order valence-corrected chi connectivity index (χ0v) is 6.24. The van der Waals surface area contributed by atoms with Crippen LogP contribution in [0.4, 0.5) is 0 Å². The summed E-state index contributed by atoms with van der Waals surface area (Å²) in [5.41, 5.74) is 0. The average molecular weight is 189 g/mol. The van der Waals surface area contributed by atoms with Gasteiger partial charge in [-0.1, -0.05) is 0 Å². The molecule has 0 aromatic heterocycles. The Labute approximate surface area is 47.8 Å². The Morgan fingerprint density at radius 2 is 1.67 bits per heavy atom. The van der Waals surface area contributed by atoms with Crippen molar-refractivity contribution in [2.45, 2.75) is 4.18 Å². The fourth-order valence-corrected chi connectivity index (χ4v) is 0.515. The molecule has 30 valence electrons. The summed E-state index contributed by atoms with van der Waals surface area (Å²) in [4.78, 5) is 0. The van der Waals surface area contributed by atoms with Crippen LogP contribution in [0.15, 0.2) is 20.7 Å². The molecule has 0 atom stereocenters. The average Bonchev–Trinajstić information content (AvgIpc) is 1.86. The number of nitrogens with zero attached hydrogens (tertiary/aromatic N) is 4. The van der Waals surface area contributed by atoms with E-state index >= 15 is 0 Å². The van der Waals surface area contributed by atoms with Crippen LogP contribution in [0, 0.1) is 0 Å². The van der Waals surface area contributed by atoms with Crippen LogP contribution in [0.5, 0.6) is 0 Å². The van der Waals surface area contributed by atoms with E-state index < -0.39 is 0 Å². The second-order valence-electron chi connectivity index (χ2n) is 0.823. The molecule has 0 N–H and O–H groups in total. The van der Waals surface area contributed by atoms with E-state index in [1.54, 1.807) is 0 Å². The molecule has 0 aliphatic carbocycles. The van der Waals surface area contributed by atoms with Gasteiger partial charge < -0.3 is 0 Å². The quantitative estimate of drug-likeness (QED) is 0.481. The maximum atomic E-state index is 3.59. The first-order valence-electron chi connectivity index (χ1n) is 1.45. The number of rotatable bonds is 0. The Hall–Kier alpha value is -0.00130. The summed E-state index contributed by atoms with van der Waals surface area (Å²) in [7, 11) is 0. The second-order valence-corrected chi connectivity index (χ2v) is 2.53. The molecule has 0 spiro atoms. The van der Waals surface area contributed by atoms with Crippen molar-refractivity contribution >= 4 is 22.5 Å². The Bertz CT molecular complexity index is 83.7. The predicted octanol–water partition coefficient (Wildman–Crippen LogP) is 0.00380. The first-order chi connectivity index (χ1) is 2.89. The van der Waals surface area contributed by atoms with Gasteiger partial charge in [0, 0.05) is 0 Å². The van der Waals surface area contributed by atoms with Gasteiger partial charge in [-0.05, 0) is 0 Å². The van der Waals surface area contributed by atoms with Gasteiger partial charge in [0.15, 0.2) is 0 Å². The molecule has 0 fully saturated rings. The van der Waals surface area contributed by atoms with Gasteiger partial charge in [0.25, 0.3) is 0 Å². The van der Waals surface area contributed by atoms with Gasteiger partial charge >= 0.3 is 47.4 Å². The monoisotopic (exact) mass is 190 g/mol. The zero-order chi connectivity index (χ0) is 4.41. The zero-order valence-electron chi connectivity index (χ0n) is 2.94. The molecule has 0 saturated heterocycles. The topological polar surface area (TPSA) is 49.4 Å². The van der Waals surface area contributed by atoms with E-state index in [0.29, 0.717) is 0 Å². The van der Waals surface area contributed by atoms with Crippen LogP contribution >= 0.6 is 0 Å². The van der Waals surface area contributed by atoms with E-state index in [2.05, 4.69) is 20.7 Å². The molecule has 0 aromatic carbocycles. The molecule has 1 aliphatic heterocycles. The summed E-state index contributed by atoms with van der Waals surface area (Å²) in [6.07, 6.45) is 0. The van der Waals surface area contributed by atoms with E-state index in [1.807, 2.05) is 0 Å². The molecule has 4 nitrogen and oxygen atoms in total. The van der Waals surface area contributed by atoms with E-state index in [-0.39, 0.29) is 4.18 Å². The predicted molar refractivity (Wildman–Crippen MR) is 20.6 cm³/mol. The summed E-state index contributed by atoms with van der Waals surface area (Å²) in [6, 6.07) is 0. The van der Waals surface area contributed by atoms with Crippen molar-refractivity contribution < 1.29 is 0 Å². The van der Waals surface area contributed by atoms with Gasteiger partial charge in [-0.3, -0.25) is 0 Å². The van der Waals surface area contributed by atoms with E-state index in [0.717, 1.165) is 22.5 Å². The van der Waals surface area contributed by atoms with Crippen molar-refractivity contribution in [3.05, 3.63) is 0 Å². The van der Waals surface area contributed by atoms with E-state index in [1.165, 1.54) is 0 Å². The molecule has 6 heavy (non-hydrogen) atoms. The molecule has 2 radical (unpaired) electrons. The number of hydrogen-bond acceptors (Lipinski definition) is 4. The van der Waals surface area contributed by atoms with Crippen LogP contribution in [0.2, 0.25) is 0 Å². The molecule has 1 rings (SSSR count). The van der Waals surface area contributed by atoms with Crippen LogP contribution in [0.1, 0.15) is 0 Å². The van der Waals surface area contributed by atoms with E-state index in [9.17, 15) is 0 Å². The van der Waals surface area contributed by atoms with Crippen molar-refractivity contribution in [3.63, 3.8) is 0 Å². The second kappa shape index (κ2) is 1.63. The fraction of sp³-hybridized carbons (Fsp3) is 1.00. The summed E-state index contributed by atoms with van der Waals surface area (Å²) in [6.45, 7) is 0. The third-order valence-electron chi connectivity index (χ3n) is 0.380. The maximum absolute atomic E-state index is 3.59. The summed E-state index contributed by atoms with van der Waals surface area (Å²) >= 11 is 0.989. The van der Waals surface area contributed by atoms with Crippen LogP contribution in [0.25, 0.3) is 0 Å². The molecule has 1 aliphatic rings. The molecule has 0 unspecified atom stereocenters. The third-order valence-corrected chi connectivity index (χ3v) is 1.14. The van der Waals surface area contributed by atoms with Crippen molar-refractivity contribution in [3.8, 4) is 0 Å². The summed E-state index contributed by atoms with van der Waals surface area (Å²) < 4.78 is 0.0930. The van der Waals surface area contributed by atoms with Gasteiger partial charge in [0.1, 0.15) is 0 Å². The molecule has 0 saturated carbocycles. The van der Waals surface area contributed by atoms with Gasteiger partial charge in [0.2, 0.25) is 0 Å². The molecule has 0 aromatic rings. The Morgan fingerprint density at radius 1 is 1.17 bits per heavy atom. The molecule has 1 heterocycles. The van der Waals surface area contributed by atoms with Crippen LogP contribution in [-0.2, 0) is 0 Å². The number of hydrogen-bond donors (Lipinski definition) is 0. The molecular weight excluding hydrogens is 187 g/mol. The van der Waals surface area contributed by atoms with Crippen molar-refractivity contribution in [1.82, 2.24) is 0 Å². The van der Waals surface area contributed by atoms with Gasteiger partial charge in [0.05, 0.1) is 0 Å². The minimum absolute atomic E-state index is 0.0930. The van der Waals surface area contributed by atoms with E-state index in [4.69, 9.17) is 0 Å². The third kappa shape index (κ3) is 0.734. The van der Waals surface area contributed by atoms with Crippen molar-refractivity contribution in [2.75, 3.05) is 0 Å². The van der Waals surface area contributed by atoms with Gasteiger partial charge in [-0.2, -0.15) is 0 Å². The van der Waals surface area contributed by atoms with Crippen molar-refractivity contribution in [2.24, 2.45) is 20.7 Å². The van der Waals surface area contributed by atoms with Crippen LogP contribution < -0.4 is 0 Å².